The lowest BCUT2D eigenvalue weighted by atomic mass is 10.1. The predicted octanol–water partition coefficient (Wildman–Crippen LogP) is 3.41. The fourth-order valence-electron chi connectivity index (χ4n) is 2.91. The highest BCUT2D eigenvalue weighted by Gasteiger charge is 2.23. The molecule has 1 N–H and O–H groups in total. The lowest BCUT2D eigenvalue weighted by Crippen LogP contribution is -2.41. The standard InChI is InChI=1S/C19H20Cl2N2O5S/c1-12(13-3-4-17-18(7-13)28-6-5-27-17)22-19(24)11-23(29(2,25)26)16-9-14(20)8-15(21)10-16/h3-4,7-10,12H,5-6,11H2,1-2H3,(H,22,24)/t12-/m1/s1. The molecular formula is C19H20Cl2N2O5S. The van der Waals surface area contributed by atoms with Crippen LogP contribution in [-0.2, 0) is 14.8 Å². The topological polar surface area (TPSA) is 84.9 Å². The molecule has 0 spiro atoms. The molecule has 2 aromatic rings. The second-order valence-corrected chi connectivity index (χ2v) is 9.37. The number of benzene rings is 2. The van der Waals surface area contributed by atoms with E-state index < -0.39 is 22.5 Å². The molecule has 0 saturated heterocycles. The van der Waals surface area contributed by atoms with Crippen LogP contribution in [0, 0.1) is 0 Å². The zero-order valence-corrected chi connectivity index (χ0v) is 18.1. The van der Waals surface area contributed by atoms with Crippen molar-refractivity contribution in [3.8, 4) is 11.5 Å². The van der Waals surface area contributed by atoms with Gasteiger partial charge in [0.2, 0.25) is 15.9 Å². The molecule has 1 aliphatic rings. The molecule has 156 valence electrons. The van der Waals surface area contributed by atoms with Crippen LogP contribution in [0.15, 0.2) is 36.4 Å². The van der Waals surface area contributed by atoms with Crippen LogP contribution in [0.5, 0.6) is 11.5 Å². The maximum atomic E-state index is 12.6. The number of carbonyl (C=O) groups excluding carboxylic acids is 1. The number of halogens is 2. The van der Waals surface area contributed by atoms with Crippen LogP contribution in [0.4, 0.5) is 5.69 Å². The smallest absolute Gasteiger partial charge is 0.241 e. The summed E-state index contributed by atoms with van der Waals surface area (Å²) in [5.74, 6) is 0.787. The van der Waals surface area contributed by atoms with Gasteiger partial charge in [-0.15, -0.1) is 0 Å². The lowest BCUT2D eigenvalue weighted by Gasteiger charge is -2.24. The molecule has 7 nitrogen and oxygen atoms in total. The lowest BCUT2D eigenvalue weighted by molar-refractivity contribution is -0.120. The van der Waals surface area contributed by atoms with Crippen molar-refractivity contribution in [2.45, 2.75) is 13.0 Å². The van der Waals surface area contributed by atoms with E-state index in [2.05, 4.69) is 5.32 Å². The Balaban J connectivity index is 1.75. The molecule has 1 heterocycles. The number of sulfonamides is 1. The van der Waals surface area contributed by atoms with E-state index in [9.17, 15) is 13.2 Å². The molecule has 2 aromatic carbocycles. The Kier molecular flexibility index (Phi) is 6.45. The Morgan fingerprint density at radius 1 is 1.10 bits per heavy atom. The van der Waals surface area contributed by atoms with E-state index in [1.165, 1.54) is 18.2 Å². The van der Waals surface area contributed by atoms with Gasteiger partial charge in [0.25, 0.3) is 0 Å². The molecule has 3 rings (SSSR count). The highest BCUT2D eigenvalue weighted by Crippen LogP contribution is 2.32. The molecule has 29 heavy (non-hydrogen) atoms. The van der Waals surface area contributed by atoms with Crippen molar-refractivity contribution in [3.05, 3.63) is 52.0 Å². The number of hydrogen-bond donors (Lipinski definition) is 1. The normalized spacial score (nSPS) is 14.2. The quantitative estimate of drug-likeness (QED) is 0.716. The van der Waals surface area contributed by atoms with Crippen molar-refractivity contribution in [3.63, 3.8) is 0 Å². The van der Waals surface area contributed by atoms with Crippen molar-refractivity contribution < 1.29 is 22.7 Å². The second kappa shape index (κ2) is 8.69. The Morgan fingerprint density at radius 3 is 2.34 bits per heavy atom. The van der Waals surface area contributed by atoms with Gasteiger partial charge in [0, 0.05) is 10.0 Å². The zero-order valence-electron chi connectivity index (χ0n) is 15.8. The van der Waals surface area contributed by atoms with Gasteiger partial charge in [-0.05, 0) is 42.8 Å². The van der Waals surface area contributed by atoms with Crippen molar-refractivity contribution in [1.29, 1.82) is 0 Å². The van der Waals surface area contributed by atoms with Gasteiger partial charge in [-0.1, -0.05) is 29.3 Å². The summed E-state index contributed by atoms with van der Waals surface area (Å²) in [6.45, 7) is 2.34. The van der Waals surface area contributed by atoms with Gasteiger partial charge < -0.3 is 14.8 Å². The minimum Gasteiger partial charge on any atom is -0.486 e. The highest BCUT2D eigenvalue weighted by atomic mass is 35.5. The van der Waals surface area contributed by atoms with Gasteiger partial charge in [-0.25, -0.2) is 8.42 Å². The van der Waals surface area contributed by atoms with E-state index in [1.807, 2.05) is 6.07 Å². The predicted molar refractivity (Wildman–Crippen MR) is 113 cm³/mol. The molecule has 0 fully saturated rings. The molecule has 1 atom stereocenters. The first-order chi connectivity index (χ1) is 13.6. The molecule has 0 aliphatic carbocycles. The van der Waals surface area contributed by atoms with Gasteiger partial charge in [0.15, 0.2) is 11.5 Å². The number of fused-ring (bicyclic) bond motifs is 1. The first-order valence-corrected chi connectivity index (χ1v) is 11.4. The first-order valence-electron chi connectivity index (χ1n) is 8.76. The number of carbonyl (C=O) groups is 1. The molecule has 10 heteroatoms. The largest absolute Gasteiger partial charge is 0.486 e. The van der Waals surface area contributed by atoms with Crippen LogP contribution in [0.2, 0.25) is 10.0 Å². The zero-order chi connectivity index (χ0) is 21.2. The summed E-state index contributed by atoms with van der Waals surface area (Å²) in [5.41, 5.74) is 1.02. The van der Waals surface area contributed by atoms with Crippen molar-refractivity contribution in [2.24, 2.45) is 0 Å². The van der Waals surface area contributed by atoms with Gasteiger partial charge >= 0.3 is 0 Å². The minimum absolute atomic E-state index is 0.215. The number of amides is 1. The first kappa shape index (κ1) is 21.5. The highest BCUT2D eigenvalue weighted by molar-refractivity contribution is 7.92. The van der Waals surface area contributed by atoms with Crippen LogP contribution in [0.3, 0.4) is 0 Å². The van der Waals surface area contributed by atoms with Crippen LogP contribution in [0.25, 0.3) is 0 Å². The molecule has 0 saturated carbocycles. The summed E-state index contributed by atoms with van der Waals surface area (Å²) >= 11 is 11.9. The molecule has 0 radical (unpaired) electrons. The maximum absolute atomic E-state index is 12.6. The minimum atomic E-state index is -3.74. The number of nitrogens with zero attached hydrogens (tertiary/aromatic N) is 1. The van der Waals surface area contributed by atoms with Crippen molar-refractivity contribution >= 4 is 44.8 Å². The molecule has 0 unspecified atom stereocenters. The number of rotatable bonds is 6. The van der Waals surface area contributed by atoms with Crippen LogP contribution < -0.4 is 19.1 Å². The summed E-state index contributed by atoms with van der Waals surface area (Å²) < 4.78 is 36.5. The van der Waals surface area contributed by atoms with Crippen molar-refractivity contribution in [1.82, 2.24) is 5.32 Å². The number of nitrogens with one attached hydrogen (secondary N) is 1. The molecular weight excluding hydrogens is 439 g/mol. The van der Waals surface area contributed by atoms with E-state index in [4.69, 9.17) is 32.7 Å². The maximum Gasteiger partial charge on any atom is 0.241 e. The third-order valence-corrected chi connectivity index (χ3v) is 5.84. The molecule has 1 amide bonds. The van der Waals surface area contributed by atoms with E-state index in [-0.39, 0.29) is 21.8 Å². The van der Waals surface area contributed by atoms with Crippen LogP contribution >= 0.6 is 23.2 Å². The molecule has 0 aromatic heterocycles. The van der Waals surface area contributed by atoms with Gasteiger partial charge in [-0.2, -0.15) is 0 Å². The third-order valence-electron chi connectivity index (χ3n) is 4.27. The number of anilines is 1. The average Bonchev–Trinajstić information content (AvgIpc) is 2.64. The number of hydrogen-bond acceptors (Lipinski definition) is 5. The number of ether oxygens (including phenoxy) is 2. The van der Waals surface area contributed by atoms with Gasteiger partial charge in [0.1, 0.15) is 19.8 Å². The monoisotopic (exact) mass is 458 g/mol. The van der Waals surface area contributed by atoms with Gasteiger partial charge in [0.05, 0.1) is 18.0 Å². The van der Waals surface area contributed by atoms with Crippen LogP contribution in [0.1, 0.15) is 18.5 Å². The van der Waals surface area contributed by atoms with E-state index in [1.54, 1.807) is 19.1 Å². The SMILES string of the molecule is C[C@@H](NC(=O)CN(c1cc(Cl)cc(Cl)c1)S(C)(=O)=O)c1ccc2c(c1)OCCO2. The Labute approximate surface area is 179 Å². The third kappa shape index (κ3) is 5.46. The summed E-state index contributed by atoms with van der Waals surface area (Å²) in [5, 5.41) is 3.34. The van der Waals surface area contributed by atoms with Crippen molar-refractivity contribution in [2.75, 3.05) is 30.3 Å². The molecule has 1 aliphatic heterocycles. The summed E-state index contributed by atoms with van der Waals surface area (Å²) in [4.78, 5) is 12.6. The molecule has 0 bridgehead atoms. The van der Waals surface area contributed by atoms with E-state index in [0.717, 1.165) is 16.1 Å². The summed E-state index contributed by atoms with van der Waals surface area (Å²) in [6, 6.07) is 9.38. The summed E-state index contributed by atoms with van der Waals surface area (Å²) in [6.07, 6.45) is 1.01. The fourth-order valence-corrected chi connectivity index (χ4v) is 4.27. The fraction of sp³-hybridized carbons (Fsp3) is 0.316. The van der Waals surface area contributed by atoms with Gasteiger partial charge in [-0.3, -0.25) is 9.10 Å². The summed E-state index contributed by atoms with van der Waals surface area (Å²) in [7, 11) is -3.74. The Bertz CT molecular complexity index is 1010. The average molecular weight is 459 g/mol. The van der Waals surface area contributed by atoms with E-state index in [0.29, 0.717) is 24.7 Å². The Hall–Kier alpha value is -2.16. The van der Waals surface area contributed by atoms with E-state index >= 15 is 0 Å². The van der Waals surface area contributed by atoms with Crippen LogP contribution in [-0.4, -0.2) is 40.3 Å². The Morgan fingerprint density at radius 2 is 1.72 bits per heavy atom. The second-order valence-electron chi connectivity index (χ2n) is 6.59.